The average Bonchev–Trinajstić information content (AvgIpc) is 2.77. The van der Waals surface area contributed by atoms with E-state index in [1.165, 1.54) is 6.26 Å². The van der Waals surface area contributed by atoms with Gasteiger partial charge in [0.05, 0.1) is 12.8 Å². The summed E-state index contributed by atoms with van der Waals surface area (Å²) in [7, 11) is 0. The van der Waals surface area contributed by atoms with E-state index in [9.17, 15) is 5.11 Å². The highest BCUT2D eigenvalue weighted by Crippen LogP contribution is 2.20. The predicted molar refractivity (Wildman–Crippen MR) is 83.0 cm³/mol. The molecule has 6 heteroatoms. The molecule has 0 saturated heterocycles. The maximum atomic E-state index is 10.1. The van der Waals surface area contributed by atoms with Gasteiger partial charge in [-0.1, -0.05) is 12.2 Å². The fourth-order valence-corrected chi connectivity index (χ4v) is 1.20. The molecule has 1 unspecified atom stereocenters. The van der Waals surface area contributed by atoms with Crippen molar-refractivity contribution in [2.75, 3.05) is 13.1 Å². The first kappa shape index (κ1) is 17.0. The van der Waals surface area contributed by atoms with Crippen molar-refractivity contribution in [3.63, 3.8) is 0 Å². The molecule has 1 atom stereocenters. The summed E-state index contributed by atoms with van der Waals surface area (Å²) in [4.78, 5) is 4.06. The highest BCUT2D eigenvalue weighted by Gasteiger charge is 2.25. The molecule has 0 bridgehead atoms. The number of nitrogens with zero attached hydrogens (tertiary/aromatic N) is 1. The van der Waals surface area contributed by atoms with Crippen LogP contribution < -0.4 is 11.1 Å². The second-order valence-corrected chi connectivity index (χ2v) is 4.26. The van der Waals surface area contributed by atoms with Crippen LogP contribution in [-0.4, -0.2) is 24.2 Å². The maximum Gasteiger partial charge on any atom is 0.188 e. The Morgan fingerprint density at radius 2 is 2.33 bits per heavy atom. The van der Waals surface area contributed by atoms with Crippen molar-refractivity contribution in [1.29, 1.82) is 0 Å². The summed E-state index contributed by atoms with van der Waals surface area (Å²) in [5.41, 5.74) is 5.44. The van der Waals surface area contributed by atoms with Gasteiger partial charge in [0.25, 0.3) is 0 Å². The van der Waals surface area contributed by atoms with Crippen molar-refractivity contribution in [2.45, 2.75) is 19.4 Å². The first-order valence-electron chi connectivity index (χ1n) is 5.36. The van der Waals surface area contributed by atoms with Crippen molar-refractivity contribution in [2.24, 2.45) is 10.7 Å². The molecule has 0 spiro atoms. The van der Waals surface area contributed by atoms with Crippen LogP contribution in [0.2, 0.25) is 0 Å². The second-order valence-electron chi connectivity index (χ2n) is 4.26. The summed E-state index contributed by atoms with van der Waals surface area (Å²) >= 11 is 0. The summed E-state index contributed by atoms with van der Waals surface area (Å²) in [6, 6.07) is 3.42. The molecule has 0 fully saturated rings. The average molecular weight is 365 g/mol. The number of guanidine groups is 1. The fraction of sp³-hybridized carbons (Fsp3) is 0.417. The standard InChI is InChI=1S/C12H19N3O2.HI/c1-9(2)7-14-11(13)15-8-12(3,16)10-5-4-6-17-10;/h4-6,16H,1,7-8H2,2-3H3,(H3,13,14,15);1H. The van der Waals surface area contributed by atoms with E-state index in [4.69, 9.17) is 10.2 Å². The molecule has 102 valence electrons. The molecular weight excluding hydrogens is 345 g/mol. The zero-order chi connectivity index (χ0) is 12.9. The van der Waals surface area contributed by atoms with E-state index in [0.29, 0.717) is 12.3 Å². The number of aliphatic imine (C=N–C) groups is 1. The lowest BCUT2D eigenvalue weighted by atomic mass is 10.0. The van der Waals surface area contributed by atoms with Gasteiger partial charge in [0.1, 0.15) is 11.4 Å². The molecule has 1 aromatic heterocycles. The van der Waals surface area contributed by atoms with Crippen molar-refractivity contribution in [3.8, 4) is 0 Å². The van der Waals surface area contributed by atoms with E-state index in [-0.39, 0.29) is 36.5 Å². The molecule has 5 nitrogen and oxygen atoms in total. The Hall–Kier alpha value is -1.02. The van der Waals surface area contributed by atoms with Gasteiger partial charge in [0, 0.05) is 6.54 Å². The van der Waals surface area contributed by atoms with Crippen molar-refractivity contribution >= 4 is 29.9 Å². The van der Waals surface area contributed by atoms with Gasteiger partial charge in [-0.05, 0) is 26.0 Å². The molecular formula is C12H20IN3O2. The molecule has 18 heavy (non-hydrogen) atoms. The van der Waals surface area contributed by atoms with E-state index >= 15 is 0 Å². The Balaban J connectivity index is 0.00000289. The Morgan fingerprint density at radius 3 is 2.83 bits per heavy atom. The normalized spacial score (nSPS) is 14.5. The highest BCUT2D eigenvalue weighted by molar-refractivity contribution is 14.0. The number of rotatable bonds is 5. The van der Waals surface area contributed by atoms with Crippen LogP contribution >= 0.6 is 24.0 Å². The van der Waals surface area contributed by atoms with Gasteiger partial charge in [-0.3, -0.25) is 0 Å². The lowest BCUT2D eigenvalue weighted by molar-refractivity contribution is 0.0437. The molecule has 0 aliphatic rings. The number of nitrogens with two attached hydrogens (primary N) is 1. The Kier molecular flexibility index (Phi) is 7.00. The number of halogens is 1. The SMILES string of the molecule is C=C(C)CNC(N)=NCC(C)(O)c1ccco1.I. The van der Waals surface area contributed by atoms with E-state index < -0.39 is 5.60 Å². The minimum Gasteiger partial charge on any atom is -0.466 e. The minimum atomic E-state index is -1.15. The monoisotopic (exact) mass is 365 g/mol. The first-order chi connectivity index (χ1) is 7.92. The number of hydrogen-bond acceptors (Lipinski definition) is 3. The molecule has 0 aliphatic carbocycles. The summed E-state index contributed by atoms with van der Waals surface area (Å²) in [5.74, 6) is 0.744. The number of aliphatic hydroxyl groups is 1. The molecule has 0 radical (unpaired) electrons. The zero-order valence-corrected chi connectivity index (χ0v) is 13.0. The third-order valence-electron chi connectivity index (χ3n) is 2.18. The highest BCUT2D eigenvalue weighted by atomic mass is 127. The Morgan fingerprint density at radius 1 is 1.67 bits per heavy atom. The van der Waals surface area contributed by atoms with Gasteiger partial charge in [-0.15, -0.1) is 24.0 Å². The summed E-state index contributed by atoms with van der Waals surface area (Å²) in [6.07, 6.45) is 1.51. The third kappa shape index (κ3) is 5.54. The molecule has 0 saturated carbocycles. The van der Waals surface area contributed by atoms with Crippen LogP contribution in [0.3, 0.4) is 0 Å². The van der Waals surface area contributed by atoms with Crippen LogP contribution in [0.25, 0.3) is 0 Å². The maximum absolute atomic E-state index is 10.1. The predicted octanol–water partition coefficient (Wildman–Crippen LogP) is 1.59. The van der Waals surface area contributed by atoms with Crippen LogP contribution in [-0.2, 0) is 5.60 Å². The number of furan rings is 1. The topological polar surface area (TPSA) is 83.8 Å². The quantitative estimate of drug-likeness (QED) is 0.320. The van der Waals surface area contributed by atoms with Crippen LogP contribution in [0.4, 0.5) is 0 Å². The molecule has 4 N–H and O–H groups in total. The van der Waals surface area contributed by atoms with Crippen LogP contribution in [0.15, 0.2) is 40.0 Å². The Bertz CT molecular complexity index is 399. The van der Waals surface area contributed by atoms with E-state index in [0.717, 1.165) is 5.57 Å². The lowest BCUT2D eigenvalue weighted by Gasteiger charge is -2.18. The minimum absolute atomic E-state index is 0. The summed E-state index contributed by atoms with van der Waals surface area (Å²) in [5, 5.41) is 13.0. The zero-order valence-electron chi connectivity index (χ0n) is 10.6. The summed E-state index contributed by atoms with van der Waals surface area (Å²) in [6.45, 7) is 7.96. The Labute approximate surface area is 124 Å². The lowest BCUT2D eigenvalue weighted by Crippen LogP contribution is -2.35. The number of nitrogens with one attached hydrogen (secondary N) is 1. The van der Waals surface area contributed by atoms with E-state index in [1.54, 1.807) is 19.1 Å². The molecule has 0 aliphatic heterocycles. The van der Waals surface area contributed by atoms with Crippen molar-refractivity contribution < 1.29 is 9.52 Å². The van der Waals surface area contributed by atoms with Gasteiger partial charge in [-0.25, -0.2) is 4.99 Å². The van der Waals surface area contributed by atoms with Crippen LogP contribution in [0.5, 0.6) is 0 Å². The van der Waals surface area contributed by atoms with E-state index in [1.807, 2.05) is 6.92 Å². The molecule has 0 aromatic carbocycles. The molecule has 1 aromatic rings. The number of hydrogen-bond donors (Lipinski definition) is 3. The van der Waals surface area contributed by atoms with Gasteiger partial charge < -0.3 is 20.6 Å². The fourth-order valence-electron chi connectivity index (χ4n) is 1.20. The summed E-state index contributed by atoms with van der Waals surface area (Å²) < 4.78 is 5.13. The van der Waals surface area contributed by atoms with E-state index in [2.05, 4.69) is 16.9 Å². The van der Waals surface area contributed by atoms with Crippen molar-refractivity contribution in [3.05, 3.63) is 36.3 Å². The van der Waals surface area contributed by atoms with Gasteiger partial charge >= 0.3 is 0 Å². The largest absolute Gasteiger partial charge is 0.466 e. The molecule has 0 amide bonds. The smallest absolute Gasteiger partial charge is 0.188 e. The first-order valence-corrected chi connectivity index (χ1v) is 5.36. The van der Waals surface area contributed by atoms with Crippen LogP contribution in [0, 0.1) is 0 Å². The molecule has 1 heterocycles. The second kappa shape index (κ2) is 7.42. The third-order valence-corrected chi connectivity index (χ3v) is 2.18. The van der Waals surface area contributed by atoms with Crippen molar-refractivity contribution in [1.82, 2.24) is 5.32 Å². The van der Waals surface area contributed by atoms with Crippen LogP contribution in [0.1, 0.15) is 19.6 Å². The van der Waals surface area contributed by atoms with Gasteiger partial charge in [0.2, 0.25) is 0 Å². The van der Waals surface area contributed by atoms with Gasteiger partial charge in [0.15, 0.2) is 5.96 Å². The molecule has 1 rings (SSSR count). The van der Waals surface area contributed by atoms with Gasteiger partial charge in [-0.2, -0.15) is 0 Å².